The number of carbonyl (C=O) groups excluding carboxylic acids is 1. The highest BCUT2D eigenvalue weighted by molar-refractivity contribution is 6.03. The number of ketones is 1. The Morgan fingerprint density at radius 2 is 2.21 bits per heavy atom. The van der Waals surface area contributed by atoms with Gasteiger partial charge in [0.15, 0.2) is 5.78 Å². The number of benzene rings is 1. The molecule has 0 spiro atoms. The largest absolute Gasteiger partial charge is 0.294 e. The van der Waals surface area contributed by atoms with Gasteiger partial charge in [0.2, 0.25) is 0 Å². The molecule has 0 amide bonds. The van der Waals surface area contributed by atoms with Gasteiger partial charge >= 0.3 is 0 Å². The zero-order valence-electron chi connectivity index (χ0n) is 8.84. The number of Topliss-reactive ketones (excluding diaryl/α,β-unsaturated/α-hetero) is 1. The number of rotatable bonds is 2. The molecule has 0 saturated carbocycles. The van der Waals surface area contributed by atoms with E-state index in [9.17, 15) is 4.79 Å². The monoisotopic (exact) mass is 188 g/mol. The molecule has 1 aliphatic carbocycles. The van der Waals surface area contributed by atoms with Crippen molar-refractivity contribution in [3.05, 3.63) is 34.9 Å². The molecule has 0 radical (unpaired) electrons. The first-order valence-corrected chi connectivity index (χ1v) is 5.36. The van der Waals surface area contributed by atoms with Crippen LogP contribution in [0, 0.1) is 12.8 Å². The van der Waals surface area contributed by atoms with E-state index in [1.165, 1.54) is 5.56 Å². The van der Waals surface area contributed by atoms with Gasteiger partial charge in [-0.25, -0.2) is 0 Å². The third-order valence-corrected chi connectivity index (χ3v) is 3.08. The van der Waals surface area contributed by atoms with Crippen molar-refractivity contribution < 1.29 is 4.79 Å². The average Bonchev–Trinajstić information content (AvgIpc) is 2.46. The highest BCUT2D eigenvalue weighted by atomic mass is 16.1. The van der Waals surface area contributed by atoms with Gasteiger partial charge in [-0.1, -0.05) is 31.5 Å². The molecule has 1 aromatic rings. The molecule has 14 heavy (non-hydrogen) atoms. The summed E-state index contributed by atoms with van der Waals surface area (Å²) in [4.78, 5) is 12.0. The van der Waals surface area contributed by atoms with Gasteiger partial charge in [-0.15, -0.1) is 0 Å². The van der Waals surface area contributed by atoms with Crippen molar-refractivity contribution in [3.8, 4) is 0 Å². The molecule has 74 valence electrons. The summed E-state index contributed by atoms with van der Waals surface area (Å²) in [5.41, 5.74) is 3.41. The third-order valence-electron chi connectivity index (χ3n) is 3.08. The molecule has 1 aliphatic rings. The van der Waals surface area contributed by atoms with Crippen molar-refractivity contribution in [2.75, 3.05) is 0 Å². The van der Waals surface area contributed by atoms with Gasteiger partial charge in [-0.05, 0) is 30.9 Å². The fraction of sp³-hybridized carbons (Fsp3) is 0.462. The van der Waals surface area contributed by atoms with Gasteiger partial charge in [0.25, 0.3) is 0 Å². The molecular weight excluding hydrogens is 172 g/mol. The molecule has 0 heterocycles. The van der Waals surface area contributed by atoms with Crippen LogP contribution in [0.2, 0.25) is 0 Å². The number of fused-ring (bicyclic) bond motifs is 1. The zero-order valence-corrected chi connectivity index (χ0v) is 8.84. The van der Waals surface area contributed by atoms with Crippen molar-refractivity contribution in [1.82, 2.24) is 0 Å². The van der Waals surface area contributed by atoms with Gasteiger partial charge in [-0.3, -0.25) is 4.79 Å². The molecule has 0 aliphatic heterocycles. The first kappa shape index (κ1) is 9.45. The molecule has 0 fully saturated rings. The van der Waals surface area contributed by atoms with Gasteiger partial charge in [0.1, 0.15) is 0 Å². The molecule has 1 atom stereocenters. The predicted octanol–water partition coefficient (Wildman–Crippen LogP) is 3.15. The van der Waals surface area contributed by atoms with E-state index in [0.29, 0.717) is 5.78 Å². The smallest absolute Gasteiger partial charge is 0.166 e. The fourth-order valence-electron chi connectivity index (χ4n) is 2.40. The Morgan fingerprint density at radius 1 is 1.43 bits per heavy atom. The molecule has 1 heteroatoms. The highest BCUT2D eigenvalue weighted by Gasteiger charge is 2.30. The minimum Gasteiger partial charge on any atom is -0.294 e. The van der Waals surface area contributed by atoms with E-state index >= 15 is 0 Å². The molecule has 2 rings (SSSR count). The van der Waals surface area contributed by atoms with Crippen LogP contribution in [-0.2, 0) is 6.42 Å². The van der Waals surface area contributed by atoms with Crippen LogP contribution in [0.4, 0.5) is 0 Å². The third kappa shape index (κ3) is 1.37. The van der Waals surface area contributed by atoms with Gasteiger partial charge in [-0.2, -0.15) is 0 Å². The van der Waals surface area contributed by atoms with Crippen LogP contribution in [0.5, 0.6) is 0 Å². The first-order valence-electron chi connectivity index (χ1n) is 5.36. The second-order valence-electron chi connectivity index (χ2n) is 4.16. The Bertz CT molecular complexity index is 365. The summed E-state index contributed by atoms with van der Waals surface area (Å²) in [6.07, 6.45) is 3.10. The molecular formula is C13H16O. The lowest BCUT2D eigenvalue weighted by Crippen LogP contribution is -2.08. The average molecular weight is 188 g/mol. The summed E-state index contributed by atoms with van der Waals surface area (Å²) in [5, 5.41) is 0. The van der Waals surface area contributed by atoms with Crippen LogP contribution < -0.4 is 0 Å². The Morgan fingerprint density at radius 3 is 2.86 bits per heavy atom. The Kier molecular flexibility index (Phi) is 2.40. The molecule has 1 aromatic carbocycles. The first-order chi connectivity index (χ1) is 6.74. The van der Waals surface area contributed by atoms with E-state index in [-0.39, 0.29) is 5.92 Å². The van der Waals surface area contributed by atoms with Crippen molar-refractivity contribution >= 4 is 5.78 Å². The van der Waals surface area contributed by atoms with Crippen molar-refractivity contribution in [2.45, 2.75) is 33.1 Å². The Balaban J connectivity index is 2.36. The lowest BCUT2D eigenvalue weighted by atomic mass is 9.99. The topological polar surface area (TPSA) is 17.1 Å². The number of hydrogen-bond donors (Lipinski definition) is 0. The van der Waals surface area contributed by atoms with Crippen LogP contribution in [0.25, 0.3) is 0 Å². The maximum atomic E-state index is 12.0. The Labute approximate surface area is 85.1 Å². The summed E-state index contributed by atoms with van der Waals surface area (Å²) in [5.74, 6) is 0.635. The van der Waals surface area contributed by atoms with Gasteiger partial charge < -0.3 is 0 Å². The van der Waals surface area contributed by atoms with Crippen molar-refractivity contribution in [2.24, 2.45) is 5.92 Å². The van der Waals surface area contributed by atoms with Gasteiger partial charge in [0, 0.05) is 11.5 Å². The minimum absolute atomic E-state index is 0.260. The highest BCUT2D eigenvalue weighted by Crippen LogP contribution is 2.31. The molecule has 0 saturated heterocycles. The summed E-state index contributed by atoms with van der Waals surface area (Å²) in [6.45, 7) is 4.17. The van der Waals surface area contributed by atoms with Crippen LogP contribution >= 0.6 is 0 Å². The predicted molar refractivity (Wildman–Crippen MR) is 57.6 cm³/mol. The maximum absolute atomic E-state index is 12.0. The van der Waals surface area contributed by atoms with E-state index in [1.54, 1.807) is 0 Å². The maximum Gasteiger partial charge on any atom is 0.166 e. The van der Waals surface area contributed by atoms with E-state index in [4.69, 9.17) is 0 Å². The number of aryl methyl sites for hydroxylation is 1. The van der Waals surface area contributed by atoms with E-state index in [0.717, 1.165) is 30.4 Å². The molecule has 0 N–H and O–H groups in total. The quantitative estimate of drug-likeness (QED) is 0.696. The summed E-state index contributed by atoms with van der Waals surface area (Å²) in [6, 6.07) is 6.18. The SMILES string of the molecule is CCCC1Cc2cccc(C)c2C1=O. The van der Waals surface area contributed by atoms with E-state index in [1.807, 2.05) is 13.0 Å². The minimum atomic E-state index is 0.260. The molecule has 1 unspecified atom stereocenters. The normalized spacial score (nSPS) is 19.9. The summed E-state index contributed by atoms with van der Waals surface area (Å²) < 4.78 is 0. The second kappa shape index (κ2) is 3.56. The Hall–Kier alpha value is -1.11. The zero-order chi connectivity index (χ0) is 10.1. The van der Waals surface area contributed by atoms with Crippen LogP contribution in [0.3, 0.4) is 0 Å². The number of carbonyl (C=O) groups is 1. The van der Waals surface area contributed by atoms with Crippen molar-refractivity contribution in [1.29, 1.82) is 0 Å². The van der Waals surface area contributed by atoms with Crippen LogP contribution in [-0.4, -0.2) is 5.78 Å². The van der Waals surface area contributed by atoms with E-state index in [2.05, 4.69) is 19.1 Å². The standard InChI is InChI=1S/C13H16O/c1-3-5-11-8-10-7-4-6-9(2)12(10)13(11)14/h4,6-7,11H,3,5,8H2,1-2H3. The van der Waals surface area contributed by atoms with E-state index < -0.39 is 0 Å². The van der Waals surface area contributed by atoms with Crippen LogP contribution in [0.15, 0.2) is 18.2 Å². The molecule has 0 bridgehead atoms. The lowest BCUT2D eigenvalue weighted by molar-refractivity contribution is 0.0930. The molecule has 0 aromatic heterocycles. The second-order valence-corrected chi connectivity index (χ2v) is 4.16. The van der Waals surface area contributed by atoms with Gasteiger partial charge in [0.05, 0.1) is 0 Å². The molecule has 1 nitrogen and oxygen atoms in total. The summed E-state index contributed by atoms with van der Waals surface area (Å²) in [7, 11) is 0. The lowest BCUT2D eigenvalue weighted by Gasteiger charge is -2.04. The summed E-state index contributed by atoms with van der Waals surface area (Å²) >= 11 is 0. The number of hydrogen-bond acceptors (Lipinski definition) is 1. The van der Waals surface area contributed by atoms with Crippen LogP contribution in [0.1, 0.15) is 41.3 Å². The van der Waals surface area contributed by atoms with Crippen molar-refractivity contribution in [3.63, 3.8) is 0 Å². The fourth-order valence-corrected chi connectivity index (χ4v) is 2.40.